The van der Waals surface area contributed by atoms with Crippen LogP contribution in [0.3, 0.4) is 0 Å². The summed E-state index contributed by atoms with van der Waals surface area (Å²) in [5, 5.41) is 53.8. The van der Waals surface area contributed by atoms with Gasteiger partial charge < -0.3 is 45.3 Å². The van der Waals surface area contributed by atoms with Gasteiger partial charge in [-0.3, -0.25) is 0 Å². The highest BCUT2D eigenvalue weighted by molar-refractivity contribution is 7.45. The second kappa shape index (κ2) is 6.16. The van der Waals surface area contributed by atoms with Crippen molar-refractivity contribution in [2.45, 2.75) is 36.6 Å². The van der Waals surface area contributed by atoms with E-state index in [2.05, 4.69) is 0 Å². The molecule has 0 saturated heterocycles. The van der Waals surface area contributed by atoms with Crippen molar-refractivity contribution in [3.63, 3.8) is 0 Å². The van der Waals surface area contributed by atoms with Gasteiger partial charge in [-0.1, -0.05) is 0 Å². The second-order valence-corrected chi connectivity index (χ2v) is 4.48. The average Bonchev–Trinajstić information content (AvgIpc) is 2.18. The summed E-state index contributed by atoms with van der Waals surface area (Å²) in [7, 11) is -4.64. The quantitative estimate of drug-likeness (QED) is 0.194. The van der Waals surface area contributed by atoms with Gasteiger partial charge >= 0.3 is 7.82 Å². The molecule has 0 unspecified atom stereocenters. The summed E-state index contributed by atoms with van der Waals surface area (Å²) < 4.78 is 8.88. The van der Waals surface area contributed by atoms with Gasteiger partial charge in [0.1, 0.15) is 36.6 Å². The molecule has 1 fully saturated rings. The molecule has 0 heterocycles. The van der Waals surface area contributed by atoms with Crippen LogP contribution >= 0.6 is 7.82 Å². The molecular weight excluding hydrogens is 263 g/mol. The molecule has 10 nitrogen and oxygen atoms in total. The summed E-state index contributed by atoms with van der Waals surface area (Å²) in [5.74, 6) is 0. The summed E-state index contributed by atoms with van der Waals surface area (Å²) in [4.78, 5) is 21.6. The lowest BCUT2D eigenvalue weighted by molar-refractivity contribution is -0.223. The average molecular weight is 278 g/mol. The Morgan fingerprint density at radius 1 is 0.529 bits per heavy atom. The zero-order chi connectivity index (χ0) is 14.0. The van der Waals surface area contributed by atoms with Crippen LogP contribution in [0.2, 0.25) is 0 Å². The van der Waals surface area contributed by atoms with E-state index in [0.717, 1.165) is 0 Å². The van der Waals surface area contributed by atoms with Crippen LogP contribution in [-0.2, 0) is 4.57 Å². The minimum atomic E-state index is -4.64. The van der Waals surface area contributed by atoms with Gasteiger partial charge in [0.25, 0.3) is 0 Å². The molecule has 1 rings (SSSR count). The van der Waals surface area contributed by atoms with Crippen molar-refractivity contribution >= 4 is 7.82 Å². The molecule has 0 radical (unpaired) electrons. The topological polar surface area (TPSA) is 199 Å². The van der Waals surface area contributed by atoms with E-state index in [4.69, 9.17) is 49.9 Å². The first-order valence-electron chi connectivity index (χ1n) is 4.33. The minimum absolute atomic E-state index is 1.64. The van der Waals surface area contributed by atoms with Crippen LogP contribution in [0.15, 0.2) is 0 Å². The molecule has 11 heteroatoms. The van der Waals surface area contributed by atoms with E-state index in [-0.39, 0.29) is 0 Å². The fourth-order valence-electron chi connectivity index (χ4n) is 1.21. The van der Waals surface area contributed by atoms with E-state index in [1.54, 1.807) is 0 Å². The number of phosphoric acid groups is 1. The van der Waals surface area contributed by atoms with Gasteiger partial charge in [-0.2, -0.15) is 0 Å². The van der Waals surface area contributed by atoms with Crippen molar-refractivity contribution < 1.29 is 49.9 Å². The molecule has 0 aliphatic heterocycles. The lowest BCUT2D eigenvalue weighted by Crippen LogP contribution is -2.63. The maximum absolute atomic E-state index is 8.97. The third-order valence-corrected chi connectivity index (χ3v) is 2.10. The number of aliphatic hydroxyl groups is 6. The molecule has 0 spiro atoms. The molecule has 0 aromatic rings. The molecule has 0 amide bonds. The Hall–Kier alpha value is -0.130. The van der Waals surface area contributed by atoms with E-state index in [1.807, 2.05) is 0 Å². The maximum atomic E-state index is 8.97. The number of hydrogen-bond acceptors (Lipinski definition) is 7. The zero-order valence-corrected chi connectivity index (χ0v) is 9.24. The molecule has 1 aliphatic rings. The van der Waals surface area contributed by atoms with E-state index in [1.165, 1.54) is 0 Å². The lowest BCUT2D eigenvalue weighted by Gasteiger charge is -2.39. The maximum Gasteiger partial charge on any atom is 0.466 e. The van der Waals surface area contributed by atoms with Crippen LogP contribution in [0.25, 0.3) is 0 Å². The molecule has 0 atom stereocenters. The third-order valence-electron chi connectivity index (χ3n) is 2.10. The van der Waals surface area contributed by atoms with Gasteiger partial charge in [0.15, 0.2) is 0 Å². The van der Waals surface area contributed by atoms with Gasteiger partial charge in [-0.25, -0.2) is 4.57 Å². The van der Waals surface area contributed by atoms with E-state index in [0.29, 0.717) is 0 Å². The Morgan fingerprint density at radius 3 is 0.647 bits per heavy atom. The van der Waals surface area contributed by atoms with Crippen LogP contribution in [0.5, 0.6) is 0 Å². The molecule has 17 heavy (non-hydrogen) atoms. The second-order valence-electron chi connectivity index (χ2n) is 3.46. The predicted molar refractivity (Wildman–Crippen MR) is 50.3 cm³/mol. The first-order valence-corrected chi connectivity index (χ1v) is 5.90. The molecule has 104 valence electrons. The number of hydrogen-bond donors (Lipinski definition) is 9. The highest BCUT2D eigenvalue weighted by Gasteiger charge is 2.47. The van der Waals surface area contributed by atoms with Crippen LogP contribution in [0.4, 0.5) is 0 Å². The summed E-state index contributed by atoms with van der Waals surface area (Å²) in [6.07, 6.45) is -9.84. The van der Waals surface area contributed by atoms with Gasteiger partial charge in [0.05, 0.1) is 0 Å². The molecule has 1 saturated carbocycles. The standard InChI is InChI=1S/C6H12O6.H3O4P/c7-1-2(8)4(10)6(12)5(11)3(1)9;1-5(2,3)4/h1-12H;(H3,1,2,3,4)/t1-,2-,3-,4+,5-,6-;. The van der Waals surface area contributed by atoms with Gasteiger partial charge in [-0.05, 0) is 0 Å². The highest BCUT2D eigenvalue weighted by Crippen LogP contribution is 2.25. The number of aliphatic hydroxyl groups excluding tert-OH is 6. The van der Waals surface area contributed by atoms with E-state index < -0.39 is 44.4 Å². The molecule has 9 N–H and O–H groups in total. The summed E-state index contributed by atoms with van der Waals surface area (Å²) in [6, 6.07) is 0. The predicted octanol–water partition coefficient (Wildman–Crippen LogP) is -4.76. The molecule has 0 aromatic carbocycles. The van der Waals surface area contributed by atoms with Crippen molar-refractivity contribution in [2.24, 2.45) is 0 Å². The smallest absolute Gasteiger partial charge is 0.387 e. The summed E-state index contributed by atoms with van der Waals surface area (Å²) in [6.45, 7) is 0. The monoisotopic (exact) mass is 278 g/mol. The van der Waals surface area contributed by atoms with Crippen LogP contribution in [-0.4, -0.2) is 81.9 Å². The highest BCUT2D eigenvalue weighted by atomic mass is 31.2. The molecule has 1 aliphatic carbocycles. The van der Waals surface area contributed by atoms with Gasteiger partial charge in [0.2, 0.25) is 0 Å². The Labute approximate surface area is 95.3 Å². The SMILES string of the molecule is O=P(O)(O)O.O[C@H]1[C@H](O)[C@@H](O)[C@H](O)[C@@H](O)[C@H]1O. The van der Waals surface area contributed by atoms with E-state index in [9.17, 15) is 0 Å². The van der Waals surface area contributed by atoms with Crippen molar-refractivity contribution in [3.05, 3.63) is 0 Å². The fraction of sp³-hybridized carbons (Fsp3) is 1.00. The molecular formula is C6H15O10P. The Balaban J connectivity index is 0.000000437. The van der Waals surface area contributed by atoms with Gasteiger partial charge in [0, 0.05) is 0 Å². The third kappa shape index (κ3) is 5.36. The largest absolute Gasteiger partial charge is 0.466 e. The van der Waals surface area contributed by atoms with Crippen molar-refractivity contribution in [3.8, 4) is 0 Å². The molecule has 0 bridgehead atoms. The van der Waals surface area contributed by atoms with Crippen molar-refractivity contribution in [2.75, 3.05) is 0 Å². The first-order chi connectivity index (χ1) is 7.46. The van der Waals surface area contributed by atoms with Crippen LogP contribution in [0.1, 0.15) is 0 Å². The first kappa shape index (κ1) is 16.9. The summed E-state index contributed by atoms with van der Waals surface area (Å²) >= 11 is 0. The normalized spacial score (nSPS) is 42.6. The fourth-order valence-corrected chi connectivity index (χ4v) is 1.21. The lowest BCUT2D eigenvalue weighted by atomic mass is 9.85. The van der Waals surface area contributed by atoms with Crippen LogP contribution < -0.4 is 0 Å². The summed E-state index contributed by atoms with van der Waals surface area (Å²) in [5.41, 5.74) is 0. The number of rotatable bonds is 0. The minimum Gasteiger partial charge on any atom is -0.387 e. The van der Waals surface area contributed by atoms with Gasteiger partial charge in [-0.15, -0.1) is 0 Å². The zero-order valence-electron chi connectivity index (χ0n) is 8.34. The van der Waals surface area contributed by atoms with E-state index >= 15 is 0 Å². The Bertz CT molecular complexity index is 211. The Kier molecular flexibility index (Phi) is 6.11. The molecule has 0 aromatic heterocycles. The van der Waals surface area contributed by atoms with Crippen molar-refractivity contribution in [1.82, 2.24) is 0 Å². The van der Waals surface area contributed by atoms with Crippen LogP contribution in [0, 0.1) is 0 Å². The Morgan fingerprint density at radius 2 is 0.588 bits per heavy atom. The van der Waals surface area contributed by atoms with Crippen molar-refractivity contribution in [1.29, 1.82) is 0 Å².